The number of nitrogens with two attached hydrogens (primary N) is 2. The molecule has 1 aromatic heterocycles. The van der Waals surface area contributed by atoms with Crippen LogP contribution in [0, 0.1) is 46.3 Å². The van der Waals surface area contributed by atoms with Gasteiger partial charge in [0.1, 0.15) is 18.0 Å². The molecule has 5 aliphatic rings. The second-order valence-corrected chi connectivity index (χ2v) is 33.7. The van der Waals surface area contributed by atoms with E-state index in [1.807, 2.05) is 45.0 Å². The largest absolute Gasteiger partial charge is 0.399 e. The van der Waals surface area contributed by atoms with Gasteiger partial charge in [0.15, 0.2) is 0 Å². The summed E-state index contributed by atoms with van der Waals surface area (Å²) in [5.41, 5.74) is 24.4. The molecule has 0 aliphatic carbocycles. The molecule has 0 spiro atoms. The molecule has 1 atom stereocenters. The second-order valence-electron chi connectivity index (χ2n) is 28.0. The van der Waals surface area contributed by atoms with Crippen molar-refractivity contribution in [2.75, 3.05) is 151 Å². The molecule has 5 saturated heterocycles. The Kier molecular flexibility index (Phi) is 36.4. The molecule has 12 rings (SSSR count). The molecule has 5 fully saturated rings. The monoisotopic (exact) mass is 1740 g/mol. The van der Waals surface area contributed by atoms with E-state index in [9.17, 15) is 17.2 Å². The van der Waals surface area contributed by atoms with Gasteiger partial charge < -0.3 is 56.1 Å². The molecule has 574 valence electrons. The van der Waals surface area contributed by atoms with Gasteiger partial charge in [-0.05, 0) is 223 Å². The molecule has 1 unspecified atom stereocenters. The summed E-state index contributed by atoms with van der Waals surface area (Å²) < 4.78 is 75.1. The number of aliphatic hydroxyl groups is 3. The summed E-state index contributed by atoms with van der Waals surface area (Å²) >= 11 is 18.8. The molecular formula is C77H107Br4ClF2N10O9S. The number of hydrogen-bond acceptors (Lipinski definition) is 18. The fourth-order valence-electron chi connectivity index (χ4n) is 12.5. The lowest BCUT2D eigenvalue weighted by molar-refractivity contribution is -0.131. The van der Waals surface area contributed by atoms with E-state index < -0.39 is 21.8 Å². The standard InChI is InChI=1S/C23H26F2N6O.C15H21BrN2O.C14H21BrO3S.C12H17BrO2.C7H8BrN.C4H9NO.C2H5ClO/c1-16-7-19(27-22-26-15-31(28-22)21-10-17(24)9-18(25)11-21)12-20(8-16)29-3-5-30(6-4-29)23(2)13-32-14-23;1-12-7-13(16)9-14(8-12)17-3-5-18(6-4-17)15(2)10-19-11-15;1-4-5-12(6-7-18-19(3,16)17)13-8-11(2)9-14(15)10-13;1-9-6-11(8-12(13)7-9)10(2-4-14)3-5-15;1-5-2-6(8)4-7(9)3-5;1-4(5)2-6-3-4;3-1-2-4/h7-12,15H,3-6,13-14H2,1-2H3,(H,27,28);7-9H,3-6,10-11H2,1-2H3;8-10,12H,4-7H2,1-3H3;6-8,10,14-15H,2-5H2,1H3;2-4H,9H2,1H3;2-3,5H2,1H3;4H,1-2H2. The molecule has 0 saturated carbocycles. The van der Waals surface area contributed by atoms with Crippen molar-refractivity contribution in [1.29, 1.82) is 0 Å². The molecule has 5 aliphatic heterocycles. The van der Waals surface area contributed by atoms with Crippen molar-refractivity contribution in [3.8, 4) is 5.69 Å². The van der Waals surface area contributed by atoms with E-state index in [1.54, 1.807) is 0 Å². The normalized spacial score (nSPS) is 16.8. The summed E-state index contributed by atoms with van der Waals surface area (Å²) in [5, 5.41) is 33.2. The quantitative estimate of drug-likeness (QED) is 0.0236. The van der Waals surface area contributed by atoms with Crippen LogP contribution >= 0.6 is 75.3 Å². The van der Waals surface area contributed by atoms with Gasteiger partial charge >= 0.3 is 0 Å². The van der Waals surface area contributed by atoms with Gasteiger partial charge in [-0.15, -0.1) is 16.7 Å². The van der Waals surface area contributed by atoms with Gasteiger partial charge in [0, 0.05) is 118 Å². The van der Waals surface area contributed by atoms with Crippen molar-refractivity contribution >= 4 is 114 Å². The van der Waals surface area contributed by atoms with Gasteiger partial charge in [0.05, 0.1) is 81.4 Å². The maximum absolute atomic E-state index is 13.5. The summed E-state index contributed by atoms with van der Waals surface area (Å²) in [6.45, 7) is 32.9. The number of nitrogens with zero attached hydrogens (tertiary/aromatic N) is 7. The van der Waals surface area contributed by atoms with Crippen molar-refractivity contribution in [3.63, 3.8) is 0 Å². The minimum absolute atomic E-state index is 0. The second kappa shape index (κ2) is 42.9. The van der Waals surface area contributed by atoms with Crippen molar-refractivity contribution < 1.29 is 50.9 Å². The number of piperazine rings is 2. The third-order valence-electron chi connectivity index (χ3n) is 17.9. The number of alkyl halides is 1. The van der Waals surface area contributed by atoms with Crippen molar-refractivity contribution in [2.45, 2.75) is 123 Å². The molecule has 104 heavy (non-hydrogen) atoms. The third kappa shape index (κ3) is 30.0. The number of hydrogen-bond donors (Lipinski definition) is 6. The zero-order chi connectivity index (χ0) is 76.4. The van der Waals surface area contributed by atoms with Crippen LogP contribution in [0.2, 0.25) is 0 Å². The number of nitrogen functional groups attached to an aromatic ring is 1. The van der Waals surface area contributed by atoms with Crippen molar-refractivity contribution in [3.05, 3.63) is 184 Å². The van der Waals surface area contributed by atoms with Crippen LogP contribution in [0.5, 0.6) is 0 Å². The summed E-state index contributed by atoms with van der Waals surface area (Å²) in [6.07, 6.45) is 6.74. The van der Waals surface area contributed by atoms with Gasteiger partial charge in [-0.2, -0.15) is 13.4 Å². The number of anilines is 5. The molecule has 0 amide bonds. The highest BCUT2D eigenvalue weighted by molar-refractivity contribution is 9.11. The molecule has 8 N–H and O–H groups in total. The minimum atomic E-state index is -3.34. The Bertz CT molecular complexity index is 3760. The van der Waals surface area contributed by atoms with Crippen LogP contribution in [0.1, 0.15) is 111 Å². The number of benzene rings is 6. The topological polar surface area (TPSA) is 239 Å². The molecule has 19 nitrogen and oxygen atoms in total. The number of nitrogens with one attached hydrogen (secondary N) is 1. The van der Waals surface area contributed by atoms with E-state index in [2.05, 4.69) is 207 Å². The molecule has 0 radical (unpaired) electrons. The SMILES string of the molecule is CC1(N)COC1.CCCC(CCOS(C)(=O)=O)c1cc(C)cc(Br)c1.Cc1cc(Br)cc(C(CCO)CCO)c1.Cc1cc(Br)cc(N2CCN(C3(C)COC3)CC2)c1.Cc1cc(N)cc(Br)c1.Cc1cc(Nc2ncn(-c3cc(F)cc(F)c3)n2)cc(N2CCN(C3(C)COC3)CC2)c1.OCCCl. The highest BCUT2D eigenvalue weighted by atomic mass is 79.9. The van der Waals surface area contributed by atoms with Crippen LogP contribution in [0.4, 0.5) is 37.5 Å². The maximum atomic E-state index is 13.5. The number of ether oxygens (including phenoxy) is 3. The van der Waals surface area contributed by atoms with Gasteiger partial charge in [-0.25, -0.2) is 13.5 Å². The molecule has 6 heterocycles. The lowest BCUT2D eigenvalue weighted by Gasteiger charge is -2.50. The molecule has 0 bridgehead atoms. The van der Waals surface area contributed by atoms with E-state index in [0.717, 1.165) is 160 Å². The third-order valence-corrected chi connectivity index (χ3v) is 20.5. The van der Waals surface area contributed by atoms with E-state index in [1.165, 1.54) is 66.7 Å². The van der Waals surface area contributed by atoms with Gasteiger partial charge in [0.25, 0.3) is 10.1 Å². The first-order valence-electron chi connectivity index (χ1n) is 35.1. The molecular weight excluding hydrogens is 1630 g/mol. The molecule has 27 heteroatoms. The summed E-state index contributed by atoms with van der Waals surface area (Å²) in [5.74, 6) is -0.0346. The Morgan fingerprint density at radius 3 is 1.36 bits per heavy atom. The van der Waals surface area contributed by atoms with Crippen molar-refractivity contribution in [1.82, 2.24) is 24.6 Å². The zero-order valence-corrected chi connectivity index (χ0v) is 69.6. The number of aliphatic hydroxyl groups excluding tert-OH is 3. The first-order chi connectivity index (χ1) is 49.2. The van der Waals surface area contributed by atoms with E-state index in [0.29, 0.717) is 36.1 Å². The Morgan fingerprint density at radius 1 is 0.567 bits per heavy atom. The van der Waals surface area contributed by atoms with E-state index in [-0.39, 0.29) is 49.1 Å². The van der Waals surface area contributed by atoms with Gasteiger partial charge in [-0.1, -0.05) is 89.2 Å². The van der Waals surface area contributed by atoms with Gasteiger partial charge in [-0.3, -0.25) is 14.0 Å². The fraction of sp³-hybridized carbons (Fsp3) is 0.506. The number of rotatable bonds is 20. The fourth-order valence-corrected chi connectivity index (χ4v) is 15.3. The Hall–Kier alpha value is -4.72. The first kappa shape index (κ1) is 88.2. The van der Waals surface area contributed by atoms with Crippen LogP contribution in [0.25, 0.3) is 5.69 Å². The average Bonchev–Trinajstić information content (AvgIpc) is 0.862. The van der Waals surface area contributed by atoms with E-state index in [4.69, 9.17) is 56.8 Å². The lowest BCUT2D eigenvalue weighted by Crippen LogP contribution is -2.64. The summed E-state index contributed by atoms with van der Waals surface area (Å²) in [6, 6.07) is 34.6. The molecule has 6 aromatic carbocycles. The Morgan fingerprint density at radius 2 is 0.981 bits per heavy atom. The smallest absolute Gasteiger partial charge is 0.264 e. The summed E-state index contributed by atoms with van der Waals surface area (Å²) in [7, 11) is -3.34. The Labute approximate surface area is 654 Å². The Balaban J connectivity index is 0.000000206. The number of halogens is 7. The van der Waals surface area contributed by atoms with Crippen LogP contribution in [0.3, 0.4) is 0 Å². The maximum Gasteiger partial charge on any atom is 0.264 e. The van der Waals surface area contributed by atoms with Crippen LogP contribution < -0.4 is 26.6 Å². The highest BCUT2D eigenvalue weighted by Gasteiger charge is 2.42. The average molecular weight is 1740 g/mol. The predicted molar refractivity (Wildman–Crippen MR) is 432 cm³/mol. The minimum Gasteiger partial charge on any atom is -0.399 e. The predicted octanol–water partition coefficient (Wildman–Crippen LogP) is 15.1. The van der Waals surface area contributed by atoms with Crippen LogP contribution in [0.15, 0.2) is 133 Å². The van der Waals surface area contributed by atoms with Crippen molar-refractivity contribution in [2.24, 2.45) is 5.73 Å². The molecule has 7 aromatic rings. The lowest BCUT2D eigenvalue weighted by atomic mass is 9.91. The van der Waals surface area contributed by atoms with Gasteiger partial charge in [0.2, 0.25) is 5.95 Å². The van der Waals surface area contributed by atoms with Crippen LogP contribution in [-0.2, 0) is 28.5 Å². The van der Waals surface area contributed by atoms with Crippen LogP contribution in [-0.4, -0.2) is 195 Å². The number of aryl methyl sites for hydroxylation is 5. The summed E-state index contributed by atoms with van der Waals surface area (Å²) in [4.78, 5) is 14.2. The van der Waals surface area contributed by atoms with E-state index >= 15 is 0 Å². The first-order valence-corrected chi connectivity index (χ1v) is 40.6. The number of aromatic nitrogens is 3. The highest BCUT2D eigenvalue weighted by Crippen LogP contribution is 2.34. The zero-order valence-electron chi connectivity index (χ0n) is 61.7.